The van der Waals surface area contributed by atoms with E-state index in [1.807, 2.05) is 0 Å². The highest BCUT2D eigenvalue weighted by Crippen LogP contribution is 2.24. The van der Waals surface area contributed by atoms with E-state index in [1.165, 1.54) is 16.7 Å². The smallest absolute Gasteiger partial charge is 0.287 e. The van der Waals surface area contributed by atoms with Crippen molar-refractivity contribution in [2.45, 2.75) is 39.7 Å². The van der Waals surface area contributed by atoms with Gasteiger partial charge in [-0.3, -0.25) is 4.79 Å². The number of hydrogen-bond donors (Lipinski definition) is 1. The average molecular weight is 284 g/mol. The Kier molecular flexibility index (Phi) is 4.14. The second kappa shape index (κ2) is 5.00. The average Bonchev–Trinajstić information content (AvgIpc) is 2.14. The minimum Gasteiger partial charge on any atom is -0.343 e. The molecule has 2 nitrogen and oxygen atoms in total. The predicted molar refractivity (Wildman–Crippen MR) is 71.0 cm³/mol. The molecule has 1 rings (SSSR count). The highest BCUT2D eigenvalue weighted by Gasteiger charge is 2.14. The first-order valence-corrected chi connectivity index (χ1v) is 6.13. The zero-order valence-corrected chi connectivity index (χ0v) is 11.8. The molecule has 0 aliphatic rings. The summed E-state index contributed by atoms with van der Waals surface area (Å²) in [4.78, 5) is 10.6. The lowest BCUT2D eigenvalue weighted by molar-refractivity contribution is 0.261. The molecular formula is C13H18BrNO. The van der Waals surface area contributed by atoms with Gasteiger partial charge in [-0.25, -0.2) is 0 Å². The number of aryl methyl sites for hydroxylation is 1. The van der Waals surface area contributed by atoms with Crippen molar-refractivity contribution in [3.8, 4) is 0 Å². The molecule has 0 bridgehead atoms. The van der Waals surface area contributed by atoms with Gasteiger partial charge in [-0.1, -0.05) is 39.0 Å². The van der Waals surface area contributed by atoms with E-state index in [0.717, 1.165) is 0 Å². The number of nitrogens with one attached hydrogen (secondary N) is 1. The van der Waals surface area contributed by atoms with Gasteiger partial charge in [0.05, 0.1) is 0 Å². The van der Waals surface area contributed by atoms with Gasteiger partial charge in [0.1, 0.15) is 0 Å². The lowest BCUT2D eigenvalue weighted by Crippen LogP contribution is -2.17. The standard InChI is InChI=1S/C13H18BrNO/c1-9-5-6-11(13(2,3)4)7-10(9)8-15-12(14)16/h5-7H,8H2,1-4H3,(H,15,16). The van der Waals surface area contributed by atoms with E-state index in [-0.39, 0.29) is 10.2 Å². The molecule has 0 aromatic heterocycles. The molecule has 1 aromatic rings. The van der Waals surface area contributed by atoms with Crippen LogP contribution >= 0.6 is 15.9 Å². The maximum atomic E-state index is 10.8. The number of amides is 1. The monoisotopic (exact) mass is 283 g/mol. The Bertz CT molecular complexity index is 393. The molecule has 88 valence electrons. The van der Waals surface area contributed by atoms with Gasteiger partial charge in [-0.05, 0) is 29.0 Å². The van der Waals surface area contributed by atoms with Gasteiger partial charge in [-0.2, -0.15) is 0 Å². The number of carbonyl (C=O) groups excluding carboxylic acids is 1. The summed E-state index contributed by atoms with van der Waals surface area (Å²) in [5.41, 5.74) is 3.80. The van der Waals surface area contributed by atoms with Gasteiger partial charge in [0.25, 0.3) is 4.82 Å². The Balaban J connectivity index is 2.95. The fourth-order valence-corrected chi connectivity index (χ4v) is 1.63. The summed E-state index contributed by atoms with van der Waals surface area (Å²) in [6, 6.07) is 6.42. The van der Waals surface area contributed by atoms with Gasteiger partial charge in [-0.15, -0.1) is 0 Å². The molecule has 0 atom stereocenters. The SMILES string of the molecule is Cc1ccc(C(C)(C)C)cc1CNC(=O)Br. The van der Waals surface area contributed by atoms with Crippen LogP contribution in [0, 0.1) is 6.92 Å². The third-order valence-corrected chi connectivity index (χ3v) is 2.91. The summed E-state index contributed by atoms with van der Waals surface area (Å²) in [7, 11) is 0. The summed E-state index contributed by atoms with van der Waals surface area (Å²) in [6.45, 7) is 9.18. The molecule has 0 saturated carbocycles. The van der Waals surface area contributed by atoms with Crippen LogP contribution in [0.25, 0.3) is 0 Å². The Labute approximate surface area is 106 Å². The van der Waals surface area contributed by atoms with E-state index < -0.39 is 0 Å². The van der Waals surface area contributed by atoms with Crippen LogP contribution in [-0.2, 0) is 12.0 Å². The van der Waals surface area contributed by atoms with Gasteiger partial charge >= 0.3 is 0 Å². The van der Waals surface area contributed by atoms with E-state index in [2.05, 4.69) is 67.1 Å². The van der Waals surface area contributed by atoms with Crippen molar-refractivity contribution >= 4 is 20.7 Å². The first kappa shape index (κ1) is 13.2. The quantitative estimate of drug-likeness (QED) is 0.647. The molecule has 0 radical (unpaired) electrons. The van der Waals surface area contributed by atoms with Crippen LogP contribution in [0.3, 0.4) is 0 Å². The summed E-state index contributed by atoms with van der Waals surface area (Å²) < 4.78 is 0. The van der Waals surface area contributed by atoms with E-state index in [1.54, 1.807) is 0 Å². The number of benzene rings is 1. The fourth-order valence-electron chi connectivity index (χ4n) is 1.49. The Morgan fingerprint density at radius 1 is 1.38 bits per heavy atom. The van der Waals surface area contributed by atoms with E-state index in [0.29, 0.717) is 6.54 Å². The molecule has 1 amide bonds. The Morgan fingerprint density at radius 2 is 2.00 bits per heavy atom. The normalized spacial score (nSPS) is 11.3. The summed E-state index contributed by atoms with van der Waals surface area (Å²) in [5, 5.41) is 2.76. The van der Waals surface area contributed by atoms with Crippen LogP contribution in [0.1, 0.15) is 37.5 Å². The Hall–Kier alpha value is -0.830. The van der Waals surface area contributed by atoms with Crippen molar-refractivity contribution in [2.24, 2.45) is 0 Å². The molecule has 0 aliphatic heterocycles. The van der Waals surface area contributed by atoms with Crippen LogP contribution in [0.4, 0.5) is 4.79 Å². The number of carbonyl (C=O) groups is 1. The molecule has 0 heterocycles. The van der Waals surface area contributed by atoms with Crippen LogP contribution in [0.5, 0.6) is 0 Å². The van der Waals surface area contributed by atoms with Gasteiger partial charge in [0.15, 0.2) is 0 Å². The summed E-state index contributed by atoms with van der Waals surface area (Å²) in [6.07, 6.45) is 0. The van der Waals surface area contributed by atoms with Crippen LogP contribution in [0.2, 0.25) is 0 Å². The van der Waals surface area contributed by atoms with Crippen molar-refractivity contribution in [3.63, 3.8) is 0 Å². The zero-order valence-electron chi connectivity index (χ0n) is 10.2. The van der Waals surface area contributed by atoms with Crippen molar-refractivity contribution in [3.05, 3.63) is 34.9 Å². The highest BCUT2D eigenvalue weighted by atomic mass is 79.9. The fraction of sp³-hybridized carbons (Fsp3) is 0.462. The molecule has 3 heteroatoms. The van der Waals surface area contributed by atoms with Gasteiger partial charge < -0.3 is 5.32 Å². The lowest BCUT2D eigenvalue weighted by Gasteiger charge is -2.20. The first-order chi connectivity index (χ1) is 7.30. The highest BCUT2D eigenvalue weighted by molar-refractivity contribution is 9.18. The van der Waals surface area contributed by atoms with Crippen molar-refractivity contribution in [2.75, 3.05) is 0 Å². The van der Waals surface area contributed by atoms with Crippen molar-refractivity contribution in [1.82, 2.24) is 5.32 Å². The van der Waals surface area contributed by atoms with Crippen LogP contribution < -0.4 is 5.32 Å². The number of halogens is 1. The summed E-state index contributed by atoms with van der Waals surface area (Å²) in [5.74, 6) is 0. The van der Waals surface area contributed by atoms with Crippen molar-refractivity contribution in [1.29, 1.82) is 0 Å². The minimum atomic E-state index is -0.173. The molecule has 1 N–H and O–H groups in total. The maximum absolute atomic E-state index is 10.8. The van der Waals surface area contributed by atoms with Crippen LogP contribution in [0.15, 0.2) is 18.2 Å². The molecule has 1 aromatic carbocycles. The first-order valence-electron chi connectivity index (χ1n) is 5.34. The molecule has 0 unspecified atom stereocenters. The second-order valence-corrected chi connectivity index (χ2v) is 5.74. The van der Waals surface area contributed by atoms with E-state index >= 15 is 0 Å². The maximum Gasteiger partial charge on any atom is 0.287 e. The minimum absolute atomic E-state index is 0.140. The molecule has 0 saturated heterocycles. The van der Waals surface area contributed by atoms with Crippen LogP contribution in [-0.4, -0.2) is 4.82 Å². The molecule has 16 heavy (non-hydrogen) atoms. The summed E-state index contributed by atoms with van der Waals surface area (Å²) >= 11 is 2.86. The Morgan fingerprint density at radius 3 is 2.50 bits per heavy atom. The number of hydrogen-bond acceptors (Lipinski definition) is 1. The molecule has 0 fully saturated rings. The predicted octanol–water partition coefficient (Wildman–Crippen LogP) is 3.90. The largest absolute Gasteiger partial charge is 0.343 e. The third kappa shape index (κ3) is 3.63. The van der Waals surface area contributed by atoms with Gasteiger partial charge in [0, 0.05) is 22.5 Å². The molecule has 0 aliphatic carbocycles. The third-order valence-electron chi connectivity index (χ3n) is 2.63. The lowest BCUT2D eigenvalue weighted by atomic mass is 9.85. The molecule has 0 spiro atoms. The van der Waals surface area contributed by atoms with E-state index in [4.69, 9.17) is 0 Å². The number of rotatable bonds is 2. The van der Waals surface area contributed by atoms with E-state index in [9.17, 15) is 4.79 Å². The van der Waals surface area contributed by atoms with Gasteiger partial charge in [0.2, 0.25) is 0 Å². The topological polar surface area (TPSA) is 29.1 Å². The zero-order chi connectivity index (χ0) is 12.3. The van der Waals surface area contributed by atoms with Crippen molar-refractivity contribution < 1.29 is 4.79 Å². The second-order valence-electron chi connectivity index (χ2n) is 5.02. The molecular weight excluding hydrogens is 266 g/mol.